The van der Waals surface area contributed by atoms with Gasteiger partial charge >= 0.3 is 5.97 Å². The lowest BCUT2D eigenvalue weighted by molar-refractivity contribution is -0.178. The second-order valence-electron chi connectivity index (χ2n) is 10.2. The van der Waals surface area contributed by atoms with Crippen LogP contribution in [0.15, 0.2) is 60.7 Å². The fourth-order valence-corrected chi connectivity index (χ4v) is 5.27. The number of carbonyl (C=O) groups is 5. The first-order valence-corrected chi connectivity index (χ1v) is 13.5. The lowest BCUT2D eigenvalue weighted by Gasteiger charge is -2.43. The van der Waals surface area contributed by atoms with Gasteiger partial charge in [-0.05, 0) is 30.4 Å². The van der Waals surface area contributed by atoms with E-state index in [-0.39, 0.29) is 44.1 Å². The molecule has 210 valence electrons. The molecule has 4 amide bonds. The number of ether oxygens (including phenoxy) is 2. The van der Waals surface area contributed by atoms with Crippen molar-refractivity contribution in [1.29, 1.82) is 0 Å². The Bertz CT molecular complexity index is 1260. The number of rotatable bonds is 8. The topological polar surface area (TPSA) is 134 Å². The SMILES string of the molecule is O=C(Cc1ccccc1)NC1CCC(=O)N2CCCC(C(=O)NC3CC(=O)OC3OCc3ccccc3)N2C1=O. The van der Waals surface area contributed by atoms with Crippen LogP contribution >= 0.6 is 0 Å². The number of carbonyl (C=O) groups excluding carboxylic acids is 5. The van der Waals surface area contributed by atoms with Crippen molar-refractivity contribution in [2.24, 2.45) is 0 Å². The summed E-state index contributed by atoms with van der Waals surface area (Å²) in [5.74, 6) is -2.16. The number of esters is 1. The average Bonchev–Trinajstić information content (AvgIpc) is 3.26. The molecule has 0 aromatic heterocycles. The molecule has 4 atom stereocenters. The second-order valence-corrected chi connectivity index (χ2v) is 10.2. The van der Waals surface area contributed by atoms with E-state index in [2.05, 4.69) is 10.6 Å². The Kier molecular flexibility index (Phi) is 8.40. The smallest absolute Gasteiger partial charge is 0.310 e. The molecule has 0 radical (unpaired) electrons. The molecule has 11 heteroatoms. The van der Waals surface area contributed by atoms with Crippen molar-refractivity contribution < 1.29 is 33.4 Å². The van der Waals surface area contributed by atoms with Gasteiger partial charge in [-0.2, -0.15) is 0 Å². The van der Waals surface area contributed by atoms with Crippen LogP contribution in [0.25, 0.3) is 0 Å². The first-order chi connectivity index (χ1) is 19.4. The number of nitrogens with zero attached hydrogens (tertiary/aromatic N) is 2. The molecular formula is C29H32N4O7. The van der Waals surface area contributed by atoms with Crippen LogP contribution in [0, 0.1) is 0 Å². The molecule has 3 aliphatic heterocycles. The van der Waals surface area contributed by atoms with Crippen LogP contribution in [0.3, 0.4) is 0 Å². The molecular weight excluding hydrogens is 516 g/mol. The Labute approximate surface area is 231 Å². The largest absolute Gasteiger partial charge is 0.433 e. The normalized spacial score (nSPS) is 24.6. The first kappa shape index (κ1) is 27.3. The maximum absolute atomic E-state index is 13.7. The first-order valence-electron chi connectivity index (χ1n) is 13.5. The minimum Gasteiger partial charge on any atom is -0.433 e. The fraction of sp³-hybridized carbons (Fsp3) is 0.414. The van der Waals surface area contributed by atoms with E-state index in [1.165, 1.54) is 10.0 Å². The number of nitrogens with one attached hydrogen (secondary N) is 2. The Hall–Kier alpha value is -4.25. The summed E-state index contributed by atoms with van der Waals surface area (Å²) >= 11 is 0. The van der Waals surface area contributed by atoms with Crippen LogP contribution in [-0.2, 0) is 46.5 Å². The standard InChI is InChI=1S/C29H32N4O7/c34-24(16-19-8-3-1-4-9-19)30-21-13-14-25(35)32-15-7-12-23(33(32)28(21)38)27(37)31-22-17-26(36)40-29(22)39-18-20-10-5-2-6-11-20/h1-6,8-11,21-23,29H,7,12-18H2,(H,30,34)(H,31,37). The zero-order valence-electron chi connectivity index (χ0n) is 22.0. The van der Waals surface area contributed by atoms with Gasteiger partial charge in [-0.3, -0.25) is 29.0 Å². The number of cyclic esters (lactones) is 1. The fourth-order valence-electron chi connectivity index (χ4n) is 5.27. The molecule has 0 spiro atoms. The molecule has 2 N–H and O–H groups in total. The van der Waals surface area contributed by atoms with Crippen molar-refractivity contribution >= 4 is 29.6 Å². The number of amides is 4. The summed E-state index contributed by atoms with van der Waals surface area (Å²) in [4.78, 5) is 64.9. The van der Waals surface area contributed by atoms with Crippen LogP contribution in [0.1, 0.15) is 43.2 Å². The summed E-state index contributed by atoms with van der Waals surface area (Å²) in [6, 6.07) is 15.8. The molecule has 3 saturated heterocycles. The van der Waals surface area contributed by atoms with Gasteiger partial charge in [0.05, 0.1) is 19.4 Å². The van der Waals surface area contributed by atoms with Crippen molar-refractivity contribution in [2.75, 3.05) is 6.54 Å². The Morgan fingerprint density at radius 1 is 0.925 bits per heavy atom. The van der Waals surface area contributed by atoms with Gasteiger partial charge in [0.15, 0.2) is 0 Å². The van der Waals surface area contributed by atoms with E-state index in [1.807, 2.05) is 60.7 Å². The highest BCUT2D eigenvalue weighted by Crippen LogP contribution is 2.26. The molecule has 3 aliphatic rings. The predicted molar refractivity (Wildman–Crippen MR) is 141 cm³/mol. The molecule has 40 heavy (non-hydrogen) atoms. The molecule has 0 bridgehead atoms. The molecule has 2 aromatic carbocycles. The third-order valence-corrected chi connectivity index (χ3v) is 7.25. The number of benzene rings is 2. The van der Waals surface area contributed by atoms with Crippen LogP contribution in [-0.4, -0.2) is 70.6 Å². The molecule has 11 nitrogen and oxygen atoms in total. The Morgan fingerprint density at radius 2 is 1.62 bits per heavy atom. The quantitative estimate of drug-likeness (QED) is 0.474. The molecule has 2 aromatic rings. The molecule has 0 saturated carbocycles. The Balaban J connectivity index is 1.26. The summed E-state index contributed by atoms with van der Waals surface area (Å²) in [5.41, 5.74) is 1.68. The van der Waals surface area contributed by atoms with Gasteiger partial charge in [-0.25, -0.2) is 5.01 Å². The minimum absolute atomic E-state index is 0.0627. The number of fused-ring (bicyclic) bond motifs is 1. The van der Waals surface area contributed by atoms with E-state index in [0.717, 1.165) is 11.1 Å². The van der Waals surface area contributed by atoms with Gasteiger partial charge in [0.1, 0.15) is 18.1 Å². The zero-order chi connectivity index (χ0) is 28.1. The summed E-state index contributed by atoms with van der Waals surface area (Å²) in [6.07, 6.45) is 0.0739. The summed E-state index contributed by atoms with van der Waals surface area (Å²) in [6.45, 7) is 0.485. The summed E-state index contributed by atoms with van der Waals surface area (Å²) < 4.78 is 11.1. The van der Waals surface area contributed by atoms with Crippen LogP contribution < -0.4 is 10.6 Å². The van der Waals surface area contributed by atoms with Crippen molar-refractivity contribution in [3.05, 3.63) is 71.8 Å². The van der Waals surface area contributed by atoms with Gasteiger partial charge < -0.3 is 20.1 Å². The molecule has 3 fully saturated rings. The molecule has 4 unspecified atom stereocenters. The van der Waals surface area contributed by atoms with E-state index in [1.54, 1.807) is 0 Å². The molecule has 3 heterocycles. The zero-order valence-corrected chi connectivity index (χ0v) is 22.0. The molecule has 0 aliphatic carbocycles. The minimum atomic E-state index is -0.984. The molecule has 5 rings (SSSR count). The highest BCUT2D eigenvalue weighted by Gasteiger charge is 2.46. The lowest BCUT2D eigenvalue weighted by Crippen LogP contribution is -2.64. The van der Waals surface area contributed by atoms with Crippen LogP contribution in [0.4, 0.5) is 0 Å². The summed E-state index contributed by atoms with van der Waals surface area (Å²) in [7, 11) is 0. The lowest BCUT2D eigenvalue weighted by atomic mass is 10.0. The van der Waals surface area contributed by atoms with Crippen molar-refractivity contribution in [1.82, 2.24) is 20.7 Å². The van der Waals surface area contributed by atoms with Crippen molar-refractivity contribution in [3.63, 3.8) is 0 Å². The van der Waals surface area contributed by atoms with Crippen molar-refractivity contribution in [2.45, 2.75) is 69.5 Å². The maximum atomic E-state index is 13.7. The third kappa shape index (κ3) is 6.31. The number of hydrazine groups is 1. The van der Waals surface area contributed by atoms with Gasteiger partial charge in [0.25, 0.3) is 5.91 Å². The van der Waals surface area contributed by atoms with E-state index in [0.29, 0.717) is 19.4 Å². The van der Waals surface area contributed by atoms with E-state index in [4.69, 9.17) is 9.47 Å². The van der Waals surface area contributed by atoms with Gasteiger partial charge in [-0.15, -0.1) is 0 Å². The van der Waals surface area contributed by atoms with Crippen molar-refractivity contribution in [3.8, 4) is 0 Å². The monoisotopic (exact) mass is 548 g/mol. The van der Waals surface area contributed by atoms with Gasteiger partial charge in [-0.1, -0.05) is 60.7 Å². The van der Waals surface area contributed by atoms with Gasteiger partial charge in [0.2, 0.25) is 24.0 Å². The van der Waals surface area contributed by atoms with Crippen LogP contribution in [0.5, 0.6) is 0 Å². The predicted octanol–water partition coefficient (Wildman–Crippen LogP) is 1.22. The Morgan fingerprint density at radius 3 is 2.35 bits per heavy atom. The van der Waals surface area contributed by atoms with E-state index >= 15 is 0 Å². The summed E-state index contributed by atoms with van der Waals surface area (Å²) in [5, 5.41) is 8.09. The number of hydrogen-bond acceptors (Lipinski definition) is 7. The van der Waals surface area contributed by atoms with Gasteiger partial charge in [0, 0.05) is 13.0 Å². The van der Waals surface area contributed by atoms with E-state index in [9.17, 15) is 24.0 Å². The second kappa shape index (κ2) is 12.3. The highest BCUT2D eigenvalue weighted by molar-refractivity contribution is 5.95. The maximum Gasteiger partial charge on any atom is 0.310 e. The van der Waals surface area contributed by atoms with E-state index < -0.39 is 42.2 Å². The third-order valence-electron chi connectivity index (χ3n) is 7.25. The van der Waals surface area contributed by atoms with Crippen LogP contribution in [0.2, 0.25) is 0 Å². The number of hydrogen-bond donors (Lipinski definition) is 2. The highest BCUT2D eigenvalue weighted by atomic mass is 16.7. The average molecular weight is 549 g/mol.